The van der Waals surface area contributed by atoms with Crippen LogP contribution in [0.25, 0.3) is 5.69 Å². The van der Waals surface area contributed by atoms with Gasteiger partial charge in [0.15, 0.2) is 5.78 Å². The van der Waals surface area contributed by atoms with Crippen LogP contribution in [-0.4, -0.2) is 37.7 Å². The van der Waals surface area contributed by atoms with Crippen molar-refractivity contribution in [2.24, 2.45) is 5.92 Å². The summed E-state index contributed by atoms with van der Waals surface area (Å²) in [5, 5.41) is 15.3. The average molecular weight is 424 g/mol. The van der Waals surface area contributed by atoms with E-state index in [4.69, 9.17) is 0 Å². The van der Waals surface area contributed by atoms with Crippen molar-refractivity contribution < 1.29 is 9.59 Å². The second-order valence-corrected chi connectivity index (χ2v) is 8.54. The number of hydrogen-bond acceptors (Lipinski definition) is 6. The van der Waals surface area contributed by atoms with Crippen LogP contribution in [0.15, 0.2) is 47.6 Å². The summed E-state index contributed by atoms with van der Waals surface area (Å²) in [5.41, 5.74) is 4.38. The van der Waals surface area contributed by atoms with Gasteiger partial charge in [-0.05, 0) is 66.1 Å². The molecule has 3 rings (SSSR count). The van der Waals surface area contributed by atoms with Gasteiger partial charge in [0.05, 0.1) is 11.4 Å². The largest absolute Gasteiger partial charge is 0.326 e. The summed E-state index contributed by atoms with van der Waals surface area (Å²) in [5.74, 6) is 0.445. The SMILES string of the molecule is Cc1ccc(-n2nnnc2SCC(=O)c2ccc(NC(=O)CC(C)C)cc2)c(C)c1. The standard InChI is InChI=1S/C22H25N5O2S/c1-14(2)11-21(29)23-18-8-6-17(7-9-18)20(28)13-30-22-24-25-26-27(22)19-10-5-15(3)12-16(19)4/h5-10,12,14H,11,13H2,1-4H3,(H,23,29). The molecule has 1 heterocycles. The molecule has 0 atom stereocenters. The van der Waals surface area contributed by atoms with Gasteiger partial charge in [-0.3, -0.25) is 9.59 Å². The zero-order valence-electron chi connectivity index (χ0n) is 17.5. The molecule has 0 saturated carbocycles. The molecule has 156 valence electrons. The fourth-order valence-corrected chi connectivity index (χ4v) is 3.78. The molecule has 0 unspecified atom stereocenters. The van der Waals surface area contributed by atoms with Crippen LogP contribution in [0.1, 0.15) is 41.8 Å². The Kier molecular flexibility index (Phi) is 6.99. The van der Waals surface area contributed by atoms with Gasteiger partial charge in [0.2, 0.25) is 11.1 Å². The summed E-state index contributed by atoms with van der Waals surface area (Å²) >= 11 is 1.29. The highest BCUT2D eigenvalue weighted by Crippen LogP contribution is 2.22. The molecule has 0 fully saturated rings. The molecule has 1 aromatic heterocycles. The van der Waals surface area contributed by atoms with Crippen LogP contribution >= 0.6 is 11.8 Å². The quantitative estimate of drug-likeness (QED) is 0.431. The lowest BCUT2D eigenvalue weighted by atomic mass is 10.1. The Hall–Kier alpha value is -3.00. The number of anilines is 1. The lowest BCUT2D eigenvalue weighted by molar-refractivity contribution is -0.116. The van der Waals surface area contributed by atoms with Crippen LogP contribution in [0.4, 0.5) is 5.69 Å². The van der Waals surface area contributed by atoms with Crippen molar-refractivity contribution in [3.05, 3.63) is 59.2 Å². The number of aryl methyl sites for hydroxylation is 2. The number of hydrogen-bond donors (Lipinski definition) is 1. The molecular formula is C22H25N5O2S. The normalized spacial score (nSPS) is 11.0. The van der Waals surface area contributed by atoms with Gasteiger partial charge < -0.3 is 5.32 Å². The molecule has 2 aromatic carbocycles. The van der Waals surface area contributed by atoms with Gasteiger partial charge in [-0.1, -0.05) is 43.3 Å². The Balaban J connectivity index is 1.63. The van der Waals surface area contributed by atoms with E-state index < -0.39 is 0 Å². The number of benzene rings is 2. The van der Waals surface area contributed by atoms with E-state index >= 15 is 0 Å². The summed E-state index contributed by atoms with van der Waals surface area (Å²) in [6, 6.07) is 13.0. The van der Waals surface area contributed by atoms with Crippen molar-refractivity contribution in [2.75, 3.05) is 11.1 Å². The summed E-state index contributed by atoms with van der Waals surface area (Å²) < 4.78 is 1.65. The summed E-state index contributed by atoms with van der Waals surface area (Å²) in [4.78, 5) is 24.5. The lowest BCUT2D eigenvalue weighted by Crippen LogP contribution is -2.14. The van der Waals surface area contributed by atoms with Crippen LogP contribution < -0.4 is 5.32 Å². The Bertz CT molecular complexity index is 1040. The first-order valence-electron chi connectivity index (χ1n) is 9.75. The number of Topliss-reactive ketones (excluding diaryl/α,β-unsaturated/α-hetero) is 1. The van der Waals surface area contributed by atoms with Crippen LogP contribution in [0, 0.1) is 19.8 Å². The van der Waals surface area contributed by atoms with Gasteiger partial charge in [0.25, 0.3) is 0 Å². The van der Waals surface area contributed by atoms with Gasteiger partial charge in [-0.2, -0.15) is 4.68 Å². The van der Waals surface area contributed by atoms with Gasteiger partial charge in [0.1, 0.15) is 0 Å². The zero-order chi connectivity index (χ0) is 21.7. The van der Waals surface area contributed by atoms with E-state index in [1.807, 2.05) is 39.8 Å². The van der Waals surface area contributed by atoms with Gasteiger partial charge in [0, 0.05) is 17.7 Å². The summed E-state index contributed by atoms with van der Waals surface area (Å²) in [7, 11) is 0. The highest BCUT2D eigenvalue weighted by molar-refractivity contribution is 7.99. The molecule has 3 aromatic rings. The Morgan fingerprint density at radius 1 is 1.10 bits per heavy atom. The second kappa shape index (κ2) is 9.67. The minimum absolute atomic E-state index is 0.0298. The first kappa shape index (κ1) is 21.7. The maximum absolute atomic E-state index is 12.6. The first-order valence-corrected chi connectivity index (χ1v) is 10.7. The molecule has 0 aliphatic heterocycles. The molecule has 8 heteroatoms. The summed E-state index contributed by atoms with van der Waals surface area (Å²) in [6.07, 6.45) is 0.465. The van der Waals surface area contributed by atoms with Crippen LogP contribution in [0.3, 0.4) is 0 Å². The third kappa shape index (κ3) is 5.54. The van der Waals surface area contributed by atoms with Gasteiger partial charge in [-0.25, -0.2) is 0 Å². The summed E-state index contributed by atoms with van der Waals surface area (Å²) in [6.45, 7) is 8.03. The number of amides is 1. The molecule has 1 N–H and O–H groups in total. The van der Waals surface area contributed by atoms with E-state index in [0.29, 0.717) is 28.7 Å². The van der Waals surface area contributed by atoms with Crippen molar-refractivity contribution in [2.45, 2.75) is 39.3 Å². The molecule has 0 bridgehead atoms. The smallest absolute Gasteiger partial charge is 0.224 e. The van der Waals surface area contributed by atoms with Gasteiger partial charge >= 0.3 is 0 Å². The van der Waals surface area contributed by atoms with E-state index in [1.165, 1.54) is 11.8 Å². The number of nitrogens with one attached hydrogen (secondary N) is 1. The fraction of sp³-hybridized carbons (Fsp3) is 0.318. The molecule has 0 aliphatic rings. The molecule has 0 radical (unpaired) electrons. The van der Waals surface area contributed by atoms with Crippen molar-refractivity contribution in [1.29, 1.82) is 0 Å². The number of thioether (sulfide) groups is 1. The number of aromatic nitrogens is 4. The van der Waals surface area contributed by atoms with Crippen molar-refractivity contribution in [1.82, 2.24) is 20.2 Å². The average Bonchev–Trinajstić information content (AvgIpc) is 3.14. The van der Waals surface area contributed by atoms with Crippen LogP contribution in [0.2, 0.25) is 0 Å². The number of tetrazole rings is 1. The van der Waals surface area contributed by atoms with E-state index in [-0.39, 0.29) is 17.4 Å². The van der Waals surface area contributed by atoms with Crippen LogP contribution in [0.5, 0.6) is 0 Å². The topological polar surface area (TPSA) is 89.8 Å². The third-order valence-corrected chi connectivity index (χ3v) is 5.36. The van der Waals surface area contributed by atoms with Crippen molar-refractivity contribution in [3.63, 3.8) is 0 Å². The number of carbonyl (C=O) groups is 2. The maximum atomic E-state index is 12.6. The van der Waals surface area contributed by atoms with Crippen molar-refractivity contribution in [3.8, 4) is 5.69 Å². The highest BCUT2D eigenvalue weighted by atomic mass is 32.2. The molecule has 7 nitrogen and oxygen atoms in total. The minimum atomic E-state index is -0.0322. The van der Waals surface area contributed by atoms with E-state index in [9.17, 15) is 9.59 Å². The molecule has 1 amide bonds. The minimum Gasteiger partial charge on any atom is -0.326 e. The zero-order valence-corrected chi connectivity index (χ0v) is 18.4. The van der Waals surface area contributed by atoms with E-state index in [0.717, 1.165) is 16.8 Å². The maximum Gasteiger partial charge on any atom is 0.224 e. The predicted molar refractivity (Wildman–Crippen MR) is 118 cm³/mol. The Morgan fingerprint density at radius 2 is 1.83 bits per heavy atom. The number of rotatable bonds is 8. The van der Waals surface area contributed by atoms with Gasteiger partial charge in [-0.15, -0.1) is 5.10 Å². The Labute approximate surface area is 180 Å². The van der Waals surface area contributed by atoms with Crippen molar-refractivity contribution >= 4 is 29.1 Å². The fourth-order valence-electron chi connectivity index (χ4n) is 3.00. The number of nitrogens with zero attached hydrogens (tertiary/aromatic N) is 4. The Morgan fingerprint density at radius 3 is 2.50 bits per heavy atom. The molecule has 30 heavy (non-hydrogen) atoms. The van der Waals surface area contributed by atoms with Crippen LogP contribution in [-0.2, 0) is 4.79 Å². The monoisotopic (exact) mass is 423 g/mol. The van der Waals surface area contributed by atoms with E-state index in [1.54, 1.807) is 28.9 Å². The molecule has 0 aliphatic carbocycles. The second-order valence-electron chi connectivity index (χ2n) is 7.60. The highest BCUT2D eigenvalue weighted by Gasteiger charge is 2.14. The molecule has 0 saturated heterocycles. The molecular weight excluding hydrogens is 398 g/mol. The number of ketones is 1. The third-order valence-electron chi connectivity index (χ3n) is 4.44. The number of carbonyl (C=O) groups excluding carboxylic acids is 2. The van der Waals surface area contributed by atoms with E-state index in [2.05, 4.69) is 26.9 Å². The predicted octanol–water partition coefficient (Wildman–Crippen LogP) is 4.24. The lowest BCUT2D eigenvalue weighted by Gasteiger charge is -2.09. The molecule has 0 spiro atoms. The first-order chi connectivity index (χ1) is 14.3.